The van der Waals surface area contributed by atoms with E-state index in [2.05, 4.69) is 55.4 Å². The number of para-hydroxylation sites is 1. The fourth-order valence-corrected chi connectivity index (χ4v) is 4.94. The van der Waals surface area contributed by atoms with E-state index in [-0.39, 0.29) is 5.82 Å². The number of hydrogen-bond donors (Lipinski definition) is 0. The molecule has 158 valence electrons. The van der Waals surface area contributed by atoms with Crippen molar-refractivity contribution in [2.75, 3.05) is 6.54 Å². The molecule has 6 rings (SSSR count). The molecule has 0 unspecified atom stereocenters. The SMILES string of the molecule is Cc1c(CN2CCn3c(nnc3C3CC3)C2)c2ccccc2n1Cc1ccccc1F. The van der Waals surface area contributed by atoms with Crippen LogP contribution in [0.1, 0.15) is 47.2 Å². The van der Waals surface area contributed by atoms with Crippen LogP contribution in [0.25, 0.3) is 10.9 Å². The summed E-state index contributed by atoms with van der Waals surface area (Å²) in [6.07, 6.45) is 2.51. The van der Waals surface area contributed by atoms with Gasteiger partial charge in [0, 0.05) is 47.7 Å². The zero-order chi connectivity index (χ0) is 20.9. The van der Waals surface area contributed by atoms with E-state index in [1.165, 1.54) is 41.4 Å². The molecular weight excluding hydrogens is 389 g/mol. The van der Waals surface area contributed by atoms with E-state index >= 15 is 0 Å². The summed E-state index contributed by atoms with van der Waals surface area (Å²) in [6.45, 7) is 6.35. The fourth-order valence-electron chi connectivity index (χ4n) is 4.94. The van der Waals surface area contributed by atoms with Crippen LogP contribution in [0, 0.1) is 12.7 Å². The summed E-state index contributed by atoms with van der Waals surface area (Å²) in [5.41, 5.74) is 4.41. The van der Waals surface area contributed by atoms with Crippen molar-refractivity contribution in [3.8, 4) is 0 Å². The third-order valence-electron chi connectivity index (χ3n) is 6.83. The Morgan fingerprint density at radius 2 is 1.77 bits per heavy atom. The minimum atomic E-state index is -0.150. The van der Waals surface area contributed by atoms with Gasteiger partial charge in [-0.05, 0) is 37.5 Å². The predicted octanol–water partition coefficient (Wildman–Crippen LogP) is 4.62. The maximum absolute atomic E-state index is 14.4. The average Bonchev–Trinajstić information content (AvgIpc) is 3.50. The molecule has 1 aliphatic carbocycles. The largest absolute Gasteiger partial charge is 0.340 e. The molecule has 1 fully saturated rings. The monoisotopic (exact) mass is 415 g/mol. The van der Waals surface area contributed by atoms with Gasteiger partial charge in [0.25, 0.3) is 0 Å². The normalized spacial score (nSPS) is 16.7. The Kier molecular flexibility index (Phi) is 4.42. The summed E-state index contributed by atoms with van der Waals surface area (Å²) in [6, 6.07) is 15.5. The number of fused-ring (bicyclic) bond motifs is 2. The first-order valence-corrected chi connectivity index (χ1v) is 11.1. The van der Waals surface area contributed by atoms with Crippen LogP contribution in [0.4, 0.5) is 4.39 Å². The zero-order valence-electron chi connectivity index (χ0n) is 17.8. The Morgan fingerprint density at radius 1 is 0.968 bits per heavy atom. The molecule has 1 aliphatic heterocycles. The van der Waals surface area contributed by atoms with E-state index in [0.717, 1.165) is 43.1 Å². The van der Waals surface area contributed by atoms with Crippen LogP contribution in [-0.4, -0.2) is 30.8 Å². The summed E-state index contributed by atoms with van der Waals surface area (Å²) in [7, 11) is 0. The minimum absolute atomic E-state index is 0.150. The average molecular weight is 416 g/mol. The van der Waals surface area contributed by atoms with Gasteiger partial charge in [-0.3, -0.25) is 4.90 Å². The van der Waals surface area contributed by atoms with Crippen LogP contribution < -0.4 is 0 Å². The second-order valence-electron chi connectivity index (χ2n) is 8.87. The molecular formula is C25H26FN5. The standard InChI is InChI=1S/C25H26FN5/c1-17-21(15-29-12-13-30-24(16-29)27-28-25(30)18-10-11-18)20-7-3-5-9-23(20)31(17)14-19-6-2-4-8-22(19)26/h2-9,18H,10-16H2,1H3. The van der Waals surface area contributed by atoms with Crippen molar-refractivity contribution in [2.45, 2.75) is 51.9 Å². The highest BCUT2D eigenvalue weighted by molar-refractivity contribution is 5.85. The smallest absolute Gasteiger partial charge is 0.147 e. The molecule has 0 atom stereocenters. The molecule has 6 heteroatoms. The summed E-state index contributed by atoms with van der Waals surface area (Å²) in [5, 5.41) is 10.2. The lowest BCUT2D eigenvalue weighted by atomic mass is 10.1. The molecule has 0 saturated heterocycles. The van der Waals surface area contributed by atoms with E-state index in [0.29, 0.717) is 12.5 Å². The lowest BCUT2D eigenvalue weighted by Crippen LogP contribution is -2.34. The fraction of sp³-hybridized carbons (Fsp3) is 0.360. The van der Waals surface area contributed by atoms with Crippen LogP contribution in [0.3, 0.4) is 0 Å². The van der Waals surface area contributed by atoms with Crippen molar-refractivity contribution in [3.05, 3.63) is 82.8 Å². The number of halogens is 1. The van der Waals surface area contributed by atoms with Gasteiger partial charge in [-0.25, -0.2) is 4.39 Å². The maximum Gasteiger partial charge on any atom is 0.147 e. The van der Waals surface area contributed by atoms with Gasteiger partial charge in [-0.15, -0.1) is 10.2 Å². The summed E-state index contributed by atoms with van der Waals surface area (Å²) < 4.78 is 18.9. The number of benzene rings is 2. The Bertz CT molecular complexity index is 1270. The molecule has 0 N–H and O–H groups in total. The molecule has 3 heterocycles. The summed E-state index contributed by atoms with van der Waals surface area (Å²) in [5.74, 6) is 2.75. The molecule has 2 aliphatic rings. The number of rotatable bonds is 5. The van der Waals surface area contributed by atoms with Crippen molar-refractivity contribution in [2.24, 2.45) is 0 Å². The van der Waals surface area contributed by atoms with E-state index in [9.17, 15) is 4.39 Å². The second kappa shape index (κ2) is 7.31. The summed E-state index contributed by atoms with van der Waals surface area (Å²) >= 11 is 0. The van der Waals surface area contributed by atoms with Gasteiger partial charge in [0.1, 0.15) is 17.5 Å². The van der Waals surface area contributed by atoms with Gasteiger partial charge >= 0.3 is 0 Å². The minimum Gasteiger partial charge on any atom is -0.340 e. The number of hydrogen-bond acceptors (Lipinski definition) is 3. The molecule has 2 aromatic carbocycles. The van der Waals surface area contributed by atoms with Crippen LogP contribution in [0.15, 0.2) is 48.5 Å². The molecule has 31 heavy (non-hydrogen) atoms. The summed E-state index contributed by atoms with van der Waals surface area (Å²) in [4.78, 5) is 2.46. The first kappa shape index (κ1) is 18.8. The first-order valence-electron chi connectivity index (χ1n) is 11.1. The van der Waals surface area contributed by atoms with E-state index in [1.54, 1.807) is 6.07 Å². The Labute approximate surface area is 181 Å². The van der Waals surface area contributed by atoms with Gasteiger partial charge in [0.2, 0.25) is 0 Å². The van der Waals surface area contributed by atoms with Crippen molar-refractivity contribution in [1.82, 2.24) is 24.2 Å². The van der Waals surface area contributed by atoms with E-state index < -0.39 is 0 Å². The molecule has 0 radical (unpaired) electrons. The molecule has 5 nitrogen and oxygen atoms in total. The Morgan fingerprint density at radius 3 is 2.61 bits per heavy atom. The predicted molar refractivity (Wildman–Crippen MR) is 118 cm³/mol. The first-order chi connectivity index (χ1) is 15.2. The third kappa shape index (κ3) is 3.26. The number of nitrogens with zero attached hydrogens (tertiary/aromatic N) is 5. The molecule has 0 amide bonds. The lowest BCUT2D eigenvalue weighted by Gasteiger charge is -2.28. The Hall–Kier alpha value is -2.99. The molecule has 1 saturated carbocycles. The van der Waals surface area contributed by atoms with E-state index in [1.807, 2.05) is 12.1 Å². The van der Waals surface area contributed by atoms with Crippen molar-refractivity contribution >= 4 is 10.9 Å². The highest BCUT2D eigenvalue weighted by atomic mass is 19.1. The Balaban J connectivity index is 1.32. The topological polar surface area (TPSA) is 38.9 Å². The van der Waals surface area contributed by atoms with Gasteiger partial charge in [-0.2, -0.15) is 0 Å². The molecule has 2 aromatic heterocycles. The van der Waals surface area contributed by atoms with Gasteiger partial charge in [0.05, 0.1) is 13.1 Å². The van der Waals surface area contributed by atoms with Crippen LogP contribution in [0.5, 0.6) is 0 Å². The van der Waals surface area contributed by atoms with Crippen LogP contribution in [-0.2, 0) is 26.2 Å². The van der Waals surface area contributed by atoms with Gasteiger partial charge in [-0.1, -0.05) is 36.4 Å². The molecule has 0 bridgehead atoms. The van der Waals surface area contributed by atoms with Crippen LogP contribution in [0.2, 0.25) is 0 Å². The van der Waals surface area contributed by atoms with Gasteiger partial charge in [0.15, 0.2) is 0 Å². The third-order valence-corrected chi connectivity index (χ3v) is 6.83. The lowest BCUT2D eigenvalue weighted by molar-refractivity contribution is 0.207. The van der Waals surface area contributed by atoms with E-state index in [4.69, 9.17) is 0 Å². The molecule has 0 spiro atoms. The highest BCUT2D eigenvalue weighted by Gasteiger charge is 2.32. The van der Waals surface area contributed by atoms with Gasteiger partial charge < -0.3 is 9.13 Å². The van der Waals surface area contributed by atoms with Crippen molar-refractivity contribution in [3.63, 3.8) is 0 Å². The quantitative estimate of drug-likeness (QED) is 0.477. The molecule has 4 aromatic rings. The zero-order valence-corrected chi connectivity index (χ0v) is 17.8. The van der Waals surface area contributed by atoms with Crippen molar-refractivity contribution in [1.29, 1.82) is 0 Å². The maximum atomic E-state index is 14.4. The van der Waals surface area contributed by atoms with Crippen molar-refractivity contribution < 1.29 is 4.39 Å². The second-order valence-corrected chi connectivity index (χ2v) is 8.87. The number of aromatic nitrogens is 4. The van der Waals surface area contributed by atoms with Crippen LogP contribution >= 0.6 is 0 Å². The highest BCUT2D eigenvalue weighted by Crippen LogP contribution is 2.39.